The van der Waals surface area contributed by atoms with E-state index in [-0.39, 0.29) is 16.9 Å². The summed E-state index contributed by atoms with van der Waals surface area (Å²) in [6.45, 7) is 1.81. The van der Waals surface area contributed by atoms with Gasteiger partial charge in [0.15, 0.2) is 11.5 Å². The topological polar surface area (TPSA) is 129 Å². The van der Waals surface area contributed by atoms with E-state index in [1.54, 1.807) is 49.4 Å². The number of anilines is 1. The molecule has 4 aromatic heterocycles. The Labute approximate surface area is 200 Å². The SMILES string of the molecule is COc1cc(-c2cccc3cc([C@H](C)NC(=O)c4c(N)nn5cccnc45)n(C)c(=O)c23)ccn1. The Morgan fingerprint density at radius 3 is 2.77 bits per heavy atom. The molecule has 35 heavy (non-hydrogen) atoms. The maximum Gasteiger partial charge on any atom is 0.259 e. The Balaban J connectivity index is 1.55. The van der Waals surface area contributed by atoms with Crippen molar-refractivity contribution in [2.75, 3.05) is 12.8 Å². The van der Waals surface area contributed by atoms with Gasteiger partial charge in [0.25, 0.3) is 11.5 Å². The fourth-order valence-electron chi connectivity index (χ4n) is 4.28. The molecule has 176 valence electrons. The molecule has 0 saturated carbocycles. The van der Waals surface area contributed by atoms with Crippen LogP contribution in [0.5, 0.6) is 5.88 Å². The van der Waals surface area contributed by atoms with Gasteiger partial charge in [-0.3, -0.25) is 9.59 Å². The summed E-state index contributed by atoms with van der Waals surface area (Å²) in [5.41, 5.74) is 8.60. The van der Waals surface area contributed by atoms with E-state index in [9.17, 15) is 9.59 Å². The number of benzene rings is 1. The van der Waals surface area contributed by atoms with Crippen molar-refractivity contribution in [2.45, 2.75) is 13.0 Å². The first kappa shape index (κ1) is 22.1. The summed E-state index contributed by atoms with van der Waals surface area (Å²) in [4.78, 5) is 35.0. The summed E-state index contributed by atoms with van der Waals surface area (Å²) in [7, 11) is 3.24. The smallest absolute Gasteiger partial charge is 0.259 e. The number of nitrogens with two attached hydrogens (primary N) is 1. The third-order valence-corrected chi connectivity index (χ3v) is 6.00. The number of aromatic nitrogens is 5. The maximum absolute atomic E-state index is 13.5. The molecule has 0 aliphatic rings. The van der Waals surface area contributed by atoms with Gasteiger partial charge < -0.3 is 20.4 Å². The van der Waals surface area contributed by atoms with Crippen LogP contribution in [0, 0.1) is 0 Å². The quantitative estimate of drug-likeness (QED) is 0.405. The van der Waals surface area contributed by atoms with E-state index in [4.69, 9.17) is 10.5 Å². The molecule has 5 aromatic rings. The van der Waals surface area contributed by atoms with Crippen LogP contribution in [0.4, 0.5) is 5.82 Å². The van der Waals surface area contributed by atoms with Gasteiger partial charge >= 0.3 is 0 Å². The highest BCUT2D eigenvalue weighted by atomic mass is 16.5. The van der Waals surface area contributed by atoms with Crippen LogP contribution >= 0.6 is 0 Å². The molecule has 1 amide bonds. The second-order valence-corrected chi connectivity index (χ2v) is 8.13. The number of amides is 1. The van der Waals surface area contributed by atoms with Crippen LogP contribution in [0.2, 0.25) is 0 Å². The fourth-order valence-corrected chi connectivity index (χ4v) is 4.28. The number of rotatable bonds is 5. The Bertz CT molecular complexity index is 1650. The molecular weight excluding hydrogens is 446 g/mol. The lowest BCUT2D eigenvalue weighted by Crippen LogP contribution is -2.32. The van der Waals surface area contributed by atoms with E-state index in [1.807, 2.05) is 37.3 Å². The van der Waals surface area contributed by atoms with E-state index in [0.717, 1.165) is 16.5 Å². The lowest BCUT2D eigenvalue weighted by molar-refractivity contribution is 0.0941. The number of hydrogen-bond donors (Lipinski definition) is 2. The molecule has 0 spiro atoms. The zero-order valence-corrected chi connectivity index (χ0v) is 19.4. The minimum Gasteiger partial charge on any atom is -0.481 e. The third-order valence-electron chi connectivity index (χ3n) is 6.00. The highest BCUT2D eigenvalue weighted by molar-refractivity contribution is 6.04. The minimum atomic E-state index is -0.493. The normalized spacial score (nSPS) is 12.1. The second-order valence-electron chi connectivity index (χ2n) is 8.13. The standard InChI is InChI=1S/C25H23N7O3/c1-14(29-24(33)21-22(26)30-32-11-5-9-28-23(21)32)18-12-16-6-4-7-17(20(16)25(34)31(18)2)15-8-10-27-19(13-15)35-3/h4-14H,1-3H3,(H2,26,30)(H,29,33)/t14-/m0/s1. The summed E-state index contributed by atoms with van der Waals surface area (Å²) >= 11 is 0. The van der Waals surface area contributed by atoms with Crippen LogP contribution < -0.4 is 21.3 Å². The molecule has 1 atom stereocenters. The van der Waals surface area contributed by atoms with Crippen LogP contribution in [0.1, 0.15) is 29.0 Å². The van der Waals surface area contributed by atoms with Crippen molar-refractivity contribution in [2.24, 2.45) is 7.05 Å². The number of nitrogen functional groups attached to an aromatic ring is 1. The number of carbonyl (C=O) groups is 1. The molecular formula is C25H23N7O3. The Morgan fingerprint density at radius 2 is 1.97 bits per heavy atom. The maximum atomic E-state index is 13.5. The van der Waals surface area contributed by atoms with Gasteiger partial charge in [-0.25, -0.2) is 14.5 Å². The van der Waals surface area contributed by atoms with Gasteiger partial charge in [-0.05, 0) is 41.6 Å². The molecule has 0 aliphatic heterocycles. The lowest BCUT2D eigenvalue weighted by atomic mass is 9.98. The average Bonchev–Trinajstić information content (AvgIpc) is 3.21. The molecule has 4 heterocycles. The first-order chi connectivity index (χ1) is 16.9. The number of nitrogens with zero attached hydrogens (tertiary/aromatic N) is 5. The van der Waals surface area contributed by atoms with Crippen LogP contribution in [-0.2, 0) is 7.05 Å². The molecule has 0 saturated heterocycles. The number of carbonyl (C=O) groups excluding carboxylic acids is 1. The summed E-state index contributed by atoms with van der Waals surface area (Å²) < 4.78 is 8.24. The Morgan fingerprint density at radius 1 is 1.14 bits per heavy atom. The minimum absolute atomic E-state index is 0.0817. The fraction of sp³-hybridized carbons (Fsp3) is 0.160. The van der Waals surface area contributed by atoms with Crippen molar-refractivity contribution >= 4 is 28.1 Å². The summed E-state index contributed by atoms with van der Waals surface area (Å²) in [6.07, 6.45) is 4.88. The number of nitrogens with one attached hydrogen (secondary N) is 1. The zero-order chi connectivity index (χ0) is 24.7. The molecule has 10 nitrogen and oxygen atoms in total. The van der Waals surface area contributed by atoms with Crippen molar-refractivity contribution < 1.29 is 9.53 Å². The summed E-state index contributed by atoms with van der Waals surface area (Å²) in [5.74, 6) is 0.123. The van der Waals surface area contributed by atoms with E-state index in [0.29, 0.717) is 22.6 Å². The molecule has 1 aromatic carbocycles. The van der Waals surface area contributed by atoms with Gasteiger partial charge in [-0.15, -0.1) is 5.10 Å². The van der Waals surface area contributed by atoms with E-state index in [1.165, 1.54) is 4.52 Å². The van der Waals surface area contributed by atoms with Crippen molar-refractivity contribution in [3.8, 4) is 17.0 Å². The van der Waals surface area contributed by atoms with Gasteiger partial charge in [0.2, 0.25) is 5.88 Å². The average molecular weight is 470 g/mol. The molecule has 0 radical (unpaired) electrons. The van der Waals surface area contributed by atoms with Gasteiger partial charge in [0, 0.05) is 37.4 Å². The highest BCUT2D eigenvalue weighted by Gasteiger charge is 2.23. The van der Waals surface area contributed by atoms with Gasteiger partial charge in [-0.1, -0.05) is 18.2 Å². The molecule has 0 unspecified atom stereocenters. The van der Waals surface area contributed by atoms with Gasteiger partial charge in [-0.2, -0.15) is 0 Å². The number of methoxy groups -OCH3 is 1. The molecule has 3 N–H and O–H groups in total. The highest BCUT2D eigenvalue weighted by Crippen LogP contribution is 2.29. The second kappa shape index (κ2) is 8.56. The number of ether oxygens (including phenoxy) is 1. The molecule has 10 heteroatoms. The van der Waals surface area contributed by atoms with Crippen LogP contribution in [0.3, 0.4) is 0 Å². The summed E-state index contributed by atoms with van der Waals surface area (Å²) in [5, 5.41) is 8.40. The van der Waals surface area contributed by atoms with E-state index < -0.39 is 11.9 Å². The molecule has 5 rings (SSSR count). The van der Waals surface area contributed by atoms with Crippen molar-refractivity contribution in [3.63, 3.8) is 0 Å². The third kappa shape index (κ3) is 3.74. The monoisotopic (exact) mass is 469 g/mol. The van der Waals surface area contributed by atoms with E-state index >= 15 is 0 Å². The number of pyridine rings is 2. The van der Waals surface area contributed by atoms with Crippen LogP contribution in [0.25, 0.3) is 27.5 Å². The predicted molar refractivity (Wildman–Crippen MR) is 132 cm³/mol. The lowest BCUT2D eigenvalue weighted by Gasteiger charge is -2.19. The molecule has 0 aliphatic carbocycles. The first-order valence-electron chi connectivity index (χ1n) is 10.9. The van der Waals surface area contributed by atoms with Crippen LogP contribution in [-0.4, -0.2) is 37.2 Å². The van der Waals surface area contributed by atoms with Gasteiger partial charge in [0.1, 0.15) is 5.56 Å². The van der Waals surface area contributed by atoms with Crippen molar-refractivity contribution in [1.82, 2.24) is 29.5 Å². The first-order valence-corrected chi connectivity index (χ1v) is 10.9. The number of hydrogen-bond acceptors (Lipinski definition) is 7. The molecule has 0 bridgehead atoms. The largest absolute Gasteiger partial charge is 0.481 e. The van der Waals surface area contributed by atoms with E-state index in [2.05, 4.69) is 20.4 Å². The van der Waals surface area contributed by atoms with Crippen molar-refractivity contribution in [3.05, 3.63) is 82.7 Å². The Kier molecular flexibility index (Phi) is 5.40. The Hall–Kier alpha value is -4.73. The molecule has 0 fully saturated rings. The predicted octanol–water partition coefficient (Wildman–Crippen LogP) is 2.73. The summed E-state index contributed by atoms with van der Waals surface area (Å²) in [6, 6.07) is 12.4. The van der Waals surface area contributed by atoms with Crippen LogP contribution in [0.15, 0.2) is 65.8 Å². The van der Waals surface area contributed by atoms with Crippen molar-refractivity contribution in [1.29, 1.82) is 0 Å². The number of fused-ring (bicyclic) bond motifs is 2. The zero-order valence-electron chi connectivity index (χ0n) is 19.4. The van der Waals surface area contributed by atoms with Gasteiger partial charge in [0.05, 0.1) is 18.5 Å².